The monoisotopic (exact) mass is 326 g/mol. The molecule has 3 aliphatic rings. The Kier molecular flexibility index (Phi) is 2.69. The highest BCUT2D eigenvalue weighted by molar-refractivity contribution is 6.00. The van der Waals surface area contributed by atoms with Crippen molar-refractivity contribution < 1.29 is 9.59 Å². The Bertz CT molecular complexity index is 847. The number of anilines is 1. The molecule has 124 valence electrons. The zero-order valence-electron chi connectivity index (χ0n) is 13.2. The minimum Gasteiger partial charge on any atom is -0.367 e. The van der Waals surface area contributed by atoms with Crippen molar-refractivity contribution >= 4 is 23.3 Å². The molecule has 0 radical (unpaired) electrons. The molecule has 2 aromatic heterocycles. The van der Waals surface area contributed by atoms with Crippen LogP contribution in [0.3, 0.4) is 0 Å². The first kappa shape index (κ1) is 13.8. The summed E-state index contributed by atoms with van der Waals surface area (Å²) in [4.78, 5) is 30.2. The highest BCUT2D eigenvalue weighted by Crippen LogP contribution is 2.50. The van der Waals surface area contributed by atoms with Gasteiger partial charge in [-0.2, -0.15) is 5.10 Å². The number of nitrogens with one attached hydrogen (secondary N) is 2. The molecule has 1 atom stereocenters. The van der Waals surface area contributed by atoms with Crippen molar-refractivity contribution in [3.63, 3.8) is 0 Å². The van der Waals surface area contributed by atoms with Crippen LogP contribution in [0.1, 0.15) is 30.9 Å². The average Bonchev–Trinajstić information content (AvgIpc) is 2.92. The summed E-state index contributed by atoms with van der Waals surface area (Å²) in [6, 6.07) is 1.50. The quantitative estimate of drug-likeness (QED) is 0.845. The molecule has 1 spiro atoms. The molecule has 2 aromatic rings. The van der Waals surface area contributed by atoms with Gasteiger partial charge in [0.15, 0.2) is 5.65 Å². The highest BCUT2D eigenvalue weighted by Gasteiger charge is 2.48. The maximum Gasteiger partial charge on any atom is 0.321 e. The molecular weight excluding hydrogens is 308 g/mol. The lowest BCUT2D eigenvalue weighted by Gasteiger charge is -2.56. The number of hydrogen-bond donors (Lipinski definition) is 2. The van der Waals surface area contributed by atoms with E-state index in [1.165, 1.54) is 19.3 Å². The Balaban J connectivity index is 1.51. The normalized spacial score (nSPS) is 25.2. The number of imide groups is 1. The van der Waals surface area contributed by atoms with Crippen molar-refractivity contribution in [2.45, 2.75) is 25.2 Å². The molecule has 4 heterocycles. The summed E-state index contributed by atoms with van der Waals surface area (Å²) in [5.74, 6) is -0.789. The Morgan fingerprint density at radius 3 is 2.79 bits per heavy atom. The van der Waals surface area contributed by atoms with Gasteiger partial charge < -0.3 is 10.2 Å². The summed E-state index contributed by atoms with van der Waals surface area (Å²) in [7, 11) is 0. The summed E-state index contributed by atoms with van der Waals surface area (Å²) in [6.07, 6.45) is 7.46. The van der Waals surface area contributed by atoms with E-state index in [4.69, 9.17) is 0 Å². The van der Waals surface area contributed by atoms with Gasteiger partial charge in [-0.1, -0.05) is 6.42 Å². The van der Waals surface area contributed by atoms with E-state index >= 15 is 0 Å². The third kappa shape index (κ3) is 1.92. The third-order valence-electron chi connectivity index (χ3n) is 5.54. The van der Waals surface area contributed by atoms with Crippen molar-refractivity contribution in [3.05, 3.63) is 24.2 Å². The predicted molar refractivity (Wildman–Crippen MR) is 85.8 cm³/mol. The van der Waals surface area contributed by atoms with E-state index < -0.39 is 11.9 Å². The number of hydrogen-bond acceptors (Lipinski definition) is 5. The number of rotatable bonds is 2. The summed E-state index contributed by atoms with van der Waals surface area (Å²) >= 11 is 0. The van der Waals surface area contributed by atoms with Crippen LogP contribution in [-0.2, 0) is 4.79 Å². The fourth-order valence-corrected chi connectivity index (χ4v) is 4.02. The minimum atomic E-state index is -0.479. The second-order valence-electron chi connectivity index (χ2n) is 7.11. The molecule has 3 amide bonds. The van der Waals surface area contributed by atoms with Gasteiger partial charge in [-0.3, -0.25) is 10.1 Å². The standard InChI is InChI=1S/C16H18N6O2/c23-14-10(7-18-15(24)19-14)11-6-12(13-17-4-5-22(13)20-11)21-8-16(9-21)2-1-3-16/h4-6,10H,1-3,7-9H2,(H2,18,19,23,24). The van der Waals surface area contributed by atoms with Gasteiger partial charge in [0, 0.05) is 37.4 Å². The van der Waals surface area contributed by atoms with Gasteiger partial charge in [0.2, 0.25) is 5.91 Å². The van der Waals surface area contributed by atoms with Crippen LogP contribution in [0.4, 0.5) is 10.5 Å². The first-order chi connectivity index (χ1) is 11.6. The van der Waals surface area contributed by atoms with Crippen LogP contribution in [-0.4, -0.2) is 46.2 Å². The molecule has 2 aliphatic heterocycles. The van der Waals surface area contributed by atoms with Crippen LogP contribution >= 0.6 is 0 Å². The smallest absolute Gasteiger partial charge is 0.321 e. The minimum absolute atomic E-state index is 0.265. The second-order valence-corrected chi connectivity index (χ2v) is 7.11. The molecule has 24 heavy (non-hydrogen) atoms. The molecule has 3 fully saturated rings. The number of urea groups is 1. The fraction of sp³-hybridized carbons (Fsp3) is 0.500. The number of aromatic nitrogens is 3. The summed E-state index contributed by atoms with van der Waals surface area (Å²) < 4.78 is 1.72. The predicted octanol–water partition coefficient (Wildman–Crippen LogP) is 0.643. The molecule has 1 unspecified atom stereocenters. The lowest BCUT2D eigenvalue weighted by atomic mass is 9.63. The number of carbonyl (C=O) groups excluding carboxylic acids is 2. The zero-order chi connectivity index (χ0) is 16.3. The van der Waals surface area contributed by atoms with Crippen LogP contribution in [0.15, 0.2) is 18.5 Å². The van der Waals surface area contributed by atoms with E-state index in [9.17, 15) is 9.59 Å². The maximum atomic E-state index is 12.2. The highest BCUT2D eigenvalue weighted by atomic mass is 16.2. The molecular formula is C16H18N6O2. The van der Waals surface area contributed by atoms with E-state index in [1.54, 1.807) is 16.9 Å². The Morgan fingerprint density at radius 2 is 2.08 bits per heavy atom. The van der Waals surface area contributed by atoms with Crippen LogP contribution < -0.4 is 15.5 Å². The lowest BCUT2D eigenvalue weighted by molar-refractivity contribution is -0.122. The molecule has 1 saturated carbocycles. The van der Waals surface area contributed by atoms with Crippen molar-refractivity contribution in [1.82, 2.24) is 25.2 Å². The molecule has 2 N–H and O–H groups in total. The number of nitrogens with zero attached hydrogens (tertiary/aromatic N) is 4. The van der Waals surface area contributed by atoms with Gasteiger partial charge in [0.05, 0.1) is 17.3 Å². The molecule has 5 rings (SSSR count). The number of carbonyl (C=O) groups is 2. The first-order valence-electron chi connectivity index (χ1n) is 8.32. The molecule has 0 aromatic carbocycles. The van der Waals surface area contributed by atoms with Crippen LogP contribution in [0, 0.1) is 5.41 Å². The Morgan fingerprint density at radius 1 is 1.25 bits per heavy atom. The Hall–Kier alpha value is -2.64. The second kappa shape index (κ2) is 4.68. The van der Waals surface area contributed by atoms with E-state index in [2.05, 4.69) is 25.6 Å². The Labute approximate surface area is 138 Å². The summed E-state index contributed by atoms with van der Waals surface area (Å²) in [6.45, 7) is 2.36. The van der Waals surface area contributed by atoms with Gasteiger partial charge in [-0.15, -0.1) is 0 Å². The zero-order valence-corrected chi connectivity index (χ0v) is 13.2. The van der Waals surface area contributed by atoms with E-state index in [1.807, 2.05) is 6.07 Å². The van der Waals surface area contributed by atoms with E-state index in [-0.39, 0.29) is 12.5 Å². The molecule has 8 nitrogen and oxygen atoms in total. The van der Waals surface area contributed by atoms with Crippen LogP contribution in [0.5, 0.6) is 0 Å². The molecule has 2 saturated heterocycles. The average molecular weight is 326 g/mol. The first-order valence-corrected chi connectivity index (χ1v) is 8.32. The third-order valence-corrected chi connectivity index (χ3v) is 5.54. The largest absolute Gasteiger partial charge is 0.367 e. The van der Waals surface area contributed by atoms with Crippen molar-refractivity contribution in [3.8, 4) is 0 Å². The molecule has 0 bridgehead atoms. The lowest BCUT2D eigenvalue weighted by Crippen LogP contribution is -2.60. The van der Waals surface area contributed by atoms with Crippen molar-refractivity contribution in [2.24, 2.45) is 5.41 Å². The fourth-order valence-electron chi connectivity index (χ4n) is 4.02. The van der Waals surface area contributed by atoms with Gasteiger partial charge in [0.1, 0.15) is 0 Å². The number of fused-ring (bicyclic) bond motifs is 1. The maximum absolute atomic E-state index is 12.2. The summed E-state index contributed by atoms with van der Waals surface area (Å²) in [5.41, 5.74) is 2.99. The van der Waals surface area contributed by atoms with Crippen LogP contribution in [0.25, 0.3) is 5.65 Å². The number of imidazole rings is 1. The molecule has 8 heteroatoms. The van der Waals surface area contributed by atoms with E-state index in [0.717, 1.165) is 24.4 Å². The van der Waals surface area contributed by atoms with Crippen LogP contribution in [0.2, 0.25) is 0 Å². The van der Waals surface area contributed by atoms with Crippen molar-refractivity contribution in [2.75, 3.05) is 24.5 Å². The SMILES string of the molecule is O=C1NCC(c2cc(N3CC4(CCC4)C3)c3nccn3n2)C(=O)N1. The molecule has 1 aliphatic carbocycles. The van der Waals surface area contributed by atoms with Gasteiger partial charge in [-0.25, -0.2) is 14.3 Å². The van der Waals surface area contributed by atoms with Crippen molar-refractivity contribution in [1.29, 1.82) is 0 Å². The van der Waals surface area contributed by atoms with Gasteiger partial charge >= 0.3 is 6.03 Å². The number of amides is 3. The van der Waals surface area contributed by atoms with Gasteiger partial charge in [0.25, 0.3) is 0 Å². The van der Waals surface area contributed by atoms with E-state index in [0.29, 0.717) is 11.1 Å². The van der Waals surface area contributed by atoms with Gasteiger partial charge in [-0.05, 0) is 18.9 Å². The summed E-state index contributed by atoms with van der Waals surface area (Å²) in [5, 5.41) is 9.49. The topological polar surface area (TPSA) is 91.6 Å².